The summed E-state index contributed by atoms with van der Waals surface area (Å²) in [5, 5.41) is 0. The van der Waals surface area contributed by atoms with Gasteiger partial charge in [0.05, 0.1) is 0 Å². The maximum atomic E-state index is 12.4. The molecule has 0 spiro atoms. The number of nitrogens with one attached hydrogen (secondary N) is 1. The van der Waals surface area contributed by atoms with Crippen LogP contribution in [-0.2, 0) is 4.79 Å². The third-order valence-corrected chi connectivity index (χ3v) is 1.51. The van der Waals surface area contributed by atoms with Crippen molar-refractivity contribution in [2.75, 3.05) is 0 Å². The van der Waals surface area contributed by atoms with E-state index in [2.05, 4.69) is 0 Å². The number of hydrogen-bond donors (Lipinski definition) is 1. The predicted octanol–water partition coefficient (Wildman–Crippen LogP) is 0.635. The maximum absolute atomic E-state index is 12.4. The Morgan fingerprint density at radius 1 is 1.42 bits per heavy atom. The van der Waals surface area contributed by atoms with Crippen molar-refractivity contribution in [3.05, 3.63) is 35.6 Å². The maximum Gasteiger partial charge on any atom is 0.259 e. The van der Waals surface area contributed by atoms with E-state index in [0.29, 0.717) is 5.56 Å². The quantitative estimate of drug-likeness (QED) is 0.702. The summed E-state index contributed by atoms with van der Waals surface area (Å²) in [4.78, 5) is 10.5. The van der Waals surface area contributed by atoms with Crippen LogP contribution in [0.4, 0.5) is 4.39 Å². The molecule has 0 fully saturated rings. The van der Waals surface area contributed by atoms with E-state index in [-0.39, 0.29) is 5.82 Å². The summed E-state index contributed by atoms with van der Waals surface area (Å²) in [5.41, 5.74) is 12.5. The van der Waals surface area contributed by atoms with E-state index in [0.717, 1.165) is 0 Å². The van der Waals surface area contributed by atoms with E-state index < -0.39 is 11.9 Å². The van der Waals surface area contributed by atoms with Crippen LogP contribution in [0.3, 0.4) is 0 Å². The summed E-state index contributed by atoms with van der Waals surface area (Å²) in [7, 11) is 0. The molecule has 0 saturated heterocycles. The number of amides is 1. The van der Waals surface area contributed by atoms with Gasteiger partial charge in [-0.2, -0.15) is 0 Å². The fraction of sp³-hybridized carbons (Fsp3) is 0.125. The third-order valence-electron chi connectivity index (χ3n) is 1.51. The van der Waals surface area contributed by atoms with Gasteiger partial charge in [0.1, 0.15) is 11.9 Å². The van der Waals surface area contributed by atoms with Crippen molar-refractivity contribution >= 4 is 5.91 Å². The minimum atomic E-state index is -0.967. The molecule has 1 aromatic carbocycles. The number of hydrogen-bond acceptors (Lipinski definition) is 2. The summed E-state index contributed by atoms with van der Waals surface area (Å²) in [6.07, 6.45) is 0. The molecule has 12 heavy (non-hydrogen) atoms. The molecule has 0 heterocycles. The van der Waals surface area contributed by atoms with Crippen LogP contribution in [0.25, 0.3) is 0 Å². The summed E-state index contributed by atoms with van der Waals surface area (Å²) in [6, 6.07) is 4.24. The van der Waals surface area contributed by atoms with Crippen molar-refractivity contribution in [1.29, 1.82) is 0 Å². The zero-order valence-corrected chi connectivity index (χ0v) is 6.25. The Kier molecular flexibility index (Phi) is 2.40. The van der Waals surface area contributed by atoms with E-state index in [9.17, 15) is 9.18 Å². The van der Waals surface area contributed by atoms with Crippen molar-refractivity contribution in [2.45, 2.75) is 6.04 Å². The second-order valence-electron chi connectivity index (χ2n) is 2.39. The lowest BCUT2D eigenvalue weighted by Crippen LogP contribution is -2.21. The van der Waals surface area contributed by atoms with Gasteiger partial charge in [-0.05, 0) is 17.7 Å². The van der Waals surface area contributed by atoms with Gasteiger partial charge in [0.15, 0.2) is 0 Å². The van der Waals surface area contributed by atoms with Crippen LogP contribution in [0.2, 0.25) is 0 Å². The number of benzene rings is 1. The highest BCUT2D eigenvalue weighted by Gasteiger charge is 2.11. The van der Waals surface area contributed by atoms with Crippen LogP contribution < -0.4 is 11.5 Å². The van der Waals surface area contributed by atoms with Crippen LogP contribution >= 0.6 is 0 Å². The Hall–Kier alpha value is -1.42. The van der Waals surface area contributed by atoms with Crippen LogP contribution in [0.1, 0.15) is 11.6 Å². The zero-order valence-electron chi connectivity index (χ0n) is 6.25. The monoisotopic (exact) mass is 167 g/mol. The van der Waals surface area contributed by atoms with E-state index in [1.54, 1.807) is 0 Å². The van der Waals surface area contributed by atoms with Crippen molar-refractivity contribution in [1.82, 2.24) is 5.73 Å². The molecule has 0 saturated carbocycles. The Morgan fingerprint density at radius 3 is 2.33 bits per heavy atom. The third kappa shape index (κ3) is 1.79. The number of rotatable bonds is 2. The smallest absolute Gasteiger partial charge is 0.259 e. The lowest BCUT2D eigenvalue weighted by molar-refractivity contribution is -0.120. The van der Waals surface area contributed by atoms with Crippen LogP contribution in [0, 0.1) is 5.82 Å². The van der Waals surface area contributed by atoms with Gasteiger partial charge in [-0.25, -0.2) is 4.39 Å². The SMILES string of the molecule is [NH]C(=O)C(N)c1ccc(F)cc1. The fourth-order valence-corrected chi connectivity index (χ4v) is 0.821. The molecule has 0 aliphatic carbocycles. The Labute approximate surface area is 69.2 Å². The number of carbonyl (C=O) groups is 1. The number of halogens is 1. The van der Waals surface area contributed by atoms with Crippen molar-refractivity contribution in [3.63, 3.8) is 0 Å². The summed E-state index contributed by atoms with van der Waals surface area (Å²) in [6.45, 7) is 0. The molecule has 1 atom stereocenters. The molecule has 0 aliphatic heterocycles. The molecule has 3 N–H and O–H groups in total. The van der Waals surface area contributed by atoms with Gasteiger partial charge in [-0.1, -0.05) is 12.1 Å². The van der Waals surface area contributed by atoms with Gasteiger partial charge < -0.3 is 5.73 Å². The standard InChI is InChI=1S/C8H8FN2O/c9-6-3-1-5(2-4-6)7(10)8(11)12/h1-4,7,11H,10H2. The second kappa shape index (κ2) is 3.32. The van der Waals surface area contributed by atoms with Crippen molar-refractivity contribution < 1.29 is 9.18 Å². The molecule has 1 amide bonds. The molecule has 1 rings (SSSR count). The van der Waals surface area contributed by atoms with Crippen LogP contribution in [-0.4, -0.2) is 5.91 Å². The average Bonchev–Trinajstić information content (AvgIpc) is 2.04. The van der Waals surface area contributed by atoms with Gasteiger partial charge in [-0.15, -0.1) is 0 Å². The first kappa shape index (κ1) is 8.67. The Morgan fingerprint density at radius 2 is 1.92 bits per heavy atom. The van der Waals surface area contributed by atoms with E-state index in [1.165, 1.54) is 24.3 Å². The Bertz CT molecular complexity index is 284. The minimum absolute atomic E-state index is 0.386. The first-order chi connectivity index (χ1) is 5.61. The summed E-state index contributed by atoms with van der Waals surface area (Å²) in [5.74, 6) is -1.26. The number of carbonyl (C=O) groups excluding carboxylic acids is 1. The fourth-order valence-electron chi connectivity index (χ4n) is 0.821. The number of nitrogens with two attached hydrogens (primary N) is 1. The summed E-state index contributed by atoms with van der Waals surface area (Å²) < 4.78 is 12.4. The lowest BCUT2D eigenvalue weighted by atomic mass is 10.1. The zero-order chi connectivity index (χ0) is 9.14. The molecule has 63 valence electrons. The first-order valence-corrected chi connectivity index (χ1v) is 3.38. The summed E-state index contributed by atoms with van der Waals surface area (Å²) >= 11 is 0. The van der Waals surface area contributed by atoms with Crippen molar-refractivity contribution in [2.24, 2.45) is 5.73 Å². The molecule has 3 nitrogen and oxygen atoms in total. The Balaban J connectivity index is 2.89. The second-order valence-corrected chi connectivity index (χ2v) is 2.39. The molecule has 1 unspecified atom stereocenters. The highest BCUT2D eigenvalue weighted by atomic mass is 19.1. The molecular weight excluding hydrogens is 159 g/mol. The van der Waals surface area contributed by atoms with Gasteiger partial charge in [0, 0.05) is 0 Å². The van der Waals surface area contributed by atoms with E-state index in [1.807, 2.05) is 0 Å². The molecule has 1 aromatic rings. The predicted molar refractivity (Wildman–Crippen MR) is 41.4 cm³/mol. The average molecular weight is 167 g/mol. The largest absolute Gasteiger partial charge is 0.316 e. The molecule has 0 aromatic heterocycles. The first-order valence-electron chi connectivity index (χ1n) is 3.38. The topological polar surface area (TPSA) is 66.9 Å². The van der Waals surface area contributed by atoms with E-state index >= 15 is 0 Å². The highest BCUT2D eigenvalue weighted by molar-refractivity contribution is 5.80. The molecule has 0 bridgehead atoms. The molecule has 4 heteroatoms. The molecular formula is C8H8FN2O. The van der Waals surface area contributed by atoms with Gasteiger partial charge in [0.2, 0.25) is 0 Å². The van der Waals surface area contributed by atoms with Crippen LogP contribution in [0.5, 0.6) is 0 Å². The van der Waals surface area contributed by atoms with Gasteiger partial charge in [0.25, 0.3) is 5.91 Å². The van der Waals surface area contributed by atoms with Crippen molar-refractivity contribution in [3.8, 4) is 0 Å². The van der Waals surface area contributed by atoms with Crippen LogP contribution in [0.15, 0.2) is 24.3 Å². The van der Waals surface area contributed by atoms with E-state index in [4.69, 9.17) is 11.5 Å². The minimum Gasteiger partial charge on any atom is -0.316 e. The lowest BCUT2D eigenvalue weighted by Gasteiger charge is -2.05. The highest BCUT2D eigenvalue weighted by Crippen LogP contribution is 2.10. The molecule has 0 aliphatic rings. The van der Waals surface area contributed by atoms with Gasteiger partial charge >= 0.3 is 0 Å². The normalized spacial score (nSPS) is 12.5. The molecule has 1 radical (unpaired) electrons. The van der Waals surface area contributed by atoms with Gasteiger partial charge in [-0.3, -0.25) is 10.5 Å².